The van der Waals surface area contributed by atoms with Crippen LogP contribution in [0.15, 0.2) is 24.4 Å². The van der Waals surface area contributed by atoms with Crippen LogP contribution in [0.25, 0.3) is 11.1 Å². The van der Waals surface area contributed by atoms with Crippen LogP contribution in [0, 0.1) is 0 Å². The van der Waals surface area contributed by atoms with Crippen molar-refractivity contribution in [2.45, 2.75) is 0 Å². The van der Waals surface area contributed by atoms with Crippen LogP contribution in [0.3, 0.4) is 0 Å². The number of aromatic hydroxyl groups is 2. The van der Waals surface area contributed by atoms with Gasteiger partial charge in [-0.05, 0) is 6.07 Å². The summed E-state index contributed by atoms with van der Waals surface area (Å²) in [6.45, 7) is 0. The summed E-state index contributed by atoms with van der Waals surface area (Å²) in [5.41, 5.74) is 6.60. The molecule has 5 nitrogen and oxygen atoms in total. The van der Waals surface area contributed by atoms with Gasteiger partial charge in [-0.3, -0.25) is 5.10 Å². The number of phenolic OH excluding ortho intramolecular Hbond substituents is 2. The van der Waals surface area contributed by atoms with E-state index in [0.717, 1.165) is 0 Å². The smallest absolute Gasteiger partial charge is 0.165 e. The first-order chi connectivity index (χ1) is 6.70. The van der Waals surface area contributed by atoms with Crippen LogP contribution in [-0.2, 0) is 0 Å². The summed E-state index contributed by atoms with van der Waals surface area (Å²) in [5, 5.41) is 25.1. The third kappa shape index (κ3) is 1.15. The van der Waals surface area contributed by atoms with Crippen molar-refractivity contribution in [3.8, 4) is 22.6 Å². The first-order valence-electron chi connectivity index (χ1n) is 4.00. The number of aromatic amines is 1. The summed E-state index contributed by atoms with van der Waals surface area (Å²) in [4.78, 5) is 0. The van der Waals surface area contributed by atoms with Gasteiger partial charge in [0.1, 0.15) is 5.82 Å². The van der Waals surface area contributed by atoms with E-state index in [1.165, 1.54) is 12.3 Å². The van der Waals surface area contributed by atoms with Gasteiger partial charge in [-0.25, -0.2) is 0 Å². The summed E-state index contributed by atoms with van der Waals surface area (Å²) in [7, 11) is 0. The lowest BCUT2D eigenvalue weighted by atomic mass is 10.1. The number of aromatic nitrogens is 2. The van der Waals surface area contributed by atoms with Crippen molar-refractivity contribution >= 4 is 5.82 Å². The summed E-state index contributed by atoms with van der Waals surface area (Å²) in [5.74, 6) is -0.0189. The number of rotatable bonds is 1. The molecule has 0 unspecified atom stereocenters. The number of phenols is 2. The Labute approximate surface area is 79.8 Å². The zero-order valence-electron chi connectivity index (χ0n) is 7.23. The van der Waals surface area contributed by atoms with Crippen molar-refractivity contribution in [1.29, 1.82) is 0 Å². The summed E-state index contributed by atoms with van der Waals surface area (Å²) < 4.78 is 0. The number of nitrogens with one attached hydrogen (secondary N) is 1. The molecule has 0 bridgehead atoms. The predicted molar refractivity (Wildman–Crippen MR) is 51.8 cm³/mol. The highest BCUT2D eigenvalue weighted by Crippen LogP contribution is 2.37. The predicted octanol–water partition coefficient (Wildman–Crippen LogP) is 1.07. The number of H-pyrrole nitrogens is 1. The van der Waals surface area contributed by atoms with Crippen molar-refractivity contribution in [3.05, 3.63) is 24.4 Å². The number of para-hydroxylation sites is 1. The molecule has 5 N–H and O–H groups in total. The van der Waals surface area contributed by atoms with E-state index in [9.17, 15) is 10.2 Å². The molecule has 0 saturated carbocycles. The van der Waals surface area contributed by atoms with Crippen molar-refractivity contribution in [2.75, 3.05) is 5.73 Å². The normalized spacial score (nSPS) is 10.3. The molecule has 0 radical (unpaired) electrons. The second-order valence-electron chi connectivity index (χ2n) is 2.87. The number of nitrogens with zero attached hydrogens (tertiary/aromatic N) is 1. The van der Waals surface area contributed by atoms with Gasteiger partial charge in [0.2, 0.25) is 0 Å². The highest BCUT2D eigenvalue weighted by atomic mass is 16.3. The highest BCUT2D eigenvalue weighted by Gasteiger charge is 2.11. The van der Waals surface area contributed by atoms with Crippen LogP contribution in [0.5, 0.6) is 11.5 Å². The maximum absolute atomic E-state index is 9.55. The summed E-state index contributed by atoms with van der Waals surface area (Å²) in [6.07, 6.45) is 1.49. The van der Waals surface area contributed by atoms with Gasteiger partial charge >= 0.3 is 0 Å². The van der Waals surface area contributed by atoms with Crippen LogP contribution in [0.1, 0.15) is 0 Å². The third-order valence-electron chi connectivity index (χ3n) is 1.97. The molecule has 72 valence electrons. The first-order valence-corrected chi connectivity index (χ1v) is 4.00. The van der Waals surface area contributed by atoms with E-state index in [1.54, 1.807) is 12.1 Å². The topological polar surface area (TPSA) is 95.2 Å². The number of nitrogen functional groups attached to an aromatic ring is 1. The Bertz CT molecular complexity index is 465. The Morgan fingerprint density at radius 1 is 1.21 bits per heavy atom. The van der Waals surface area contributed by atoms with Gasteiger partial charge in [0.25, 0.3) is 0 Å². The minimum absolute atomic E-state index is 0.178. The molecule has 0 saturated heterocycles. The fourth-order valence-electron chi connectivity index (χ4n) is 1.26. The van der Waals surface area contributed by atoms with E-state index in [2.05, 4.69) is 10.2 Å². The molecule has 5 heteroatoms. The number of hydrogen-bond donors (Lipinski definition) is 4. The maximum Gasteiger partial charge on any atom is 0.165 e. The molecule has 0 amide bonds. The molecular weight excluding hydrogens is 182 g/mol. The van der Waals surface area contributed by atoms with Crippen molar-refractivity contribution in [1.82, 2.24) is 10.2 Å². The molecule has 0 fully saturated rings. The Hall–Kier alpha value is -2.17. The molecule has 1 aromatic heterocycles. The highest BCUT2D eigenvalue weighted by molar-refractivity contribution is 5.79. The van der Waals surface area contributed by atoms with E-state index >= 15 is 0 Å². The molecule has 0 spiro atoms. The second kappa shape index (κ2) is 2.95. The summed E-state index contributed by atoms with van der Waals surface area (Å²) >= 11 is 0. The van der Waals surface area contributed by atoms with E-state index in [-0.39, 0.29) is 11.5 Å². The molecule has 2 rings (SSSR count). The second-order valence-corrected chi connectivity index (χ2v) is 2.87. The molecule has 0 atom stereocenters. The molecule has 1 aromatic carbocycles. The molecule has 0 aliphatic heterocycles. The maximum atomic E-state index is 9.55. The van der Waals surface area contributed by atoms with Crippen LogP contribution in [0.2, 0.25) is 0 Å². The number of benzene rings is 1. The zero-order chi connectivity index (χ0) is 10.1. The van der Waals surface area contributed by atoms with E-state index < -0.39 is 0 Å². The largest absolute Gasteiger partial charge is 0.504 e. The van der Waals surface area contributed by atoms with Crippen LogP contribution in [0.4, 0.5) is 5.82 Å². The first kappa shape index (κ1) is 8.43. The molecule has 2 aromatic rings. The van der Waals surface area contributed by atoms with Gasteiger partial charge in [0.05, 0.1) is 6.20 Å². The standard InChI is InChI=1S/C9H9N3O2/c10-9-6(4-11-12-9)5-2-1-3-7(13)8(5)14/h1-4,13-14H,(H3,10,11,12). The van der Waals surface area contributed by atoms with E-state index in [4.69, 9.17) is 5.73 Å². The average molecular weight is 191 g/mol. The van der Waals surface area contributed by atoms with Gasteiger partial charge in [-0.1, -0.05) is 12.1 Å². The average Bonchev–Trinajstić information content (AvgIpc) is 2.57. The molecule has 0 aliphatic rings. The van der Waals surface area contributed by atoms with Crippen molar-refractivity contribution in [3.63, 3.8) is 0 Å². The summed E-state index contributed by atoms with van der Waals surface area (Å²) in [6, 6.07) is 4.67. The van der Waals surface area contributed by atoms with Crippen molar-refractivity contribution < 1.29 is 10.2 Å². The van der Waals surface area contributed by atoms with E-state index in [0.29, 0.717) is 16.9 Å². The SMILES string of the molecule is Nc1[nH]ncc1-c1cccc(O)c1O. The Kier molecular flexibility index (Phi) is 1.78. The molecule has 0 aliphatic carbocycles. The minimum Gasteiger partial charge on any atom is -0.504 e. The van der Waals surface area contributed by atoms with Crippen molar-refractivity contribution in [2.24, 2.45) is 0 Å². The lowest BCUT2D eigenvalue weighted by Crippen LogP contribution is -1.87. The quantitative estimate of drug-likeness (QED) is 0.507. The van der Waals surface area contributed by atoms with E-state index in [1.807, 2.05) is 0 Å². The Morgan fingerprint density at radius 3 is 2.64 bits per heavy atom. The number of nitrogens with two attached hydrogens (primary N) is 1. The van der Waals surface area contributed by atoms with Gasteiger partial charge in [-0.15, -0.1) is 0 Å². The molecule has 1 heterocycles. The lowest BCUT2D eigenvalue weighted by molar-refractivity contribution is 0.405. The Balaban J connectivity index is 2.63. The van der Waals surface area contributed by atoms with Crippen LogP contribution in [-0.4, -0.2) is 20.4 Å². The van der Waals surface area contributed by atoms with Crippen LogP contribution < -0.4 is 5.73 Å². The molecular formula is C9H9N3O2. The number of anilines is 1. The van der Waals surface area contributed by atoms with Gasteiger partial charge in [0, 0.05) is 11.1 Å². The van der Waals surface area contributed by atoms with Gasteiger partial charge in [0.15, 0.2) is 11.5 Å². The van der Waals surface area contributed by atoms with Crippen LogP contribution >= 0.6 is 0 Å². The van der Waals surface area contributed by atoms with Gasteiger partial charge in [-0.2, -0.15) is 5.10 Å². The minimum atomic E-state index is -0.194. The fourth-order valence-corrected chi connectivity index (χ4v) is 1.26. The third-order valence-corrected chi connectivity index (χ3v) is 1.97. The fraction of sp³-hybridized carbons (Fsp3) is 0. The van der Waals surface area contributed by atoms with Gasteiger partial charge < -0.3 is 15.9 Å². The zero-order valence-corrected chi connectivity index (χ0v) is 7.23. The monoisotopic (exact) mass is 191 g/mol. The number of hydrogen-bond acceptors (Lipinski definition) is 4. The molecule has 14 heavy (non-hydrogen) atoms. The lowest BCUT2D eigenvalue weighted by Gasteiger charge is -2.03. The Morgan fingerprint density at radius 2 is 2.00 bits per heavy atom.